The van der Waals surface area contributed by atoms with Gasteiger partial charge in [0, 0.05) is 5.56 Å². The summed E-state index contributed by atoms with van der Waals surface area (Å²) in [6.07, 6.45) is 4.03. The fourth-order valence-electron chi connectivity index (χ4n) is 4.10. The number of urea groups is 1. The first kappa shape index (κ1) is 25.8. The predicted octanol–water partition coefficient (Wildman–Crippen LogP) is 6.10. The van der Waals surface area contributed by atoms with Crippen molar-refractivity contribution in [1.82, 2.24) is 10.2 Å². The van der Waals surface area contributed by atoms with Crippen molar-refractivity contribution < 1.29 is 19.1 Å². The lowest BCUT2D eigenvalue weighted by atomic mass is 10.0. The summed E-state index contributed by atoms with van der Waals surface area (Å²) in [4.78, 5) is 26.9. The molecule has 0 aromatic heterocycles. The molecule has 0 aliphatic carbocycles. The Hall–Kier alpha value is -4.32. The number of ether oxygens (including phenoxy) is 2. The van der Waals surface area contributed by atoms with E-state index in [1.54, 1.807) is 12.2 Å². The van der Waals surface area contributed by atoms with Gasteiger partial charge < -0.3 is 14.8 Å². The minimum absolute atomic E-state index is 0.208. The molecule has 0 unspecified atom stereocenters. The van der Waals surface area contributed by atoms with Gasteiger partial charge in [0.25, 0.3) is 5.91 Å². The Morgan fingerprint density at radius 3 is 2.19 bits per heavy atom. The van der Waals surface area contributed by atoms with Crippen LogP contribution in [0.25, 0.3) is 6.08 Å². The summed E-state index contributed by atoms with van der Waals surface area (Å²) in [5.74, 6) is 0.856. The van der Waals surface area contributed by atoms with Gasteiger partial charge in [-0.1, -0.05) is 65.7 Å². The molecule has 4 rings (SSSR count). The van der Waals surface area contributed by atoms with Gasteiger partial charge in [-0.25, -0.2) is 4.79 Å². The molecule has 1 aliphatic heterocycles. The maximum absolute atomic E-state index is 13.1. The van der Waals surface area contributed by atoms with Crippen LogP contribution in [-0.2, 0) is 24.4 Å². The summed E-state index contributed by atoms with van der Waals surface area (Å²) in [5, 5.41) is 2.71. The van der Waals surface area contributed by atoms with Gasteiger partial charge in [0.05, 0.1) is 13.2 Å². The first-order valence-corrected chi connectivity index (χ1v) is 12.4. The van der Waals surface area contributed by atoms with Crippen LogP contribution in [0, 0.1) is 13.8 Å². The van der Waals surface area contributed by atoms with E-state index >= 15 is 0 Å². The second kappa shape index (κ2) is 11.6. The fraction of sp³-hybridized carbons (Fsp3) is 0.226. The molecule has 0 spiro atoms. The summed E-state index contributed by atoms with van der Waals surface area (Å²) in [6, 6.07) is 19.3. The summed E-state index contributed by atoms with van der Waals surface area (Å²) < 4.78 is 12.1. The van der Waals surface area contributed by atoms with E-state index in [4.69, 9.17) is 9.47 Å². The highest BCUT2D eigenvalue weighted by molar-refractivity contribution is 6.13. The van der Waals surface area contributed by atoms with Crippen LogP contribution in [0.3, 0.4) is 0 Å². The molecule has 6 nitrogen and oxygen atoms in total. The van der Waals surface area contributed by atoms with Gasteiger partial charge in [-0.05, 0) is 62.1 Å². The molecule has 6 heteroatoms. The summed E-state index contributed by atoms with van der Waals surface area (Å²) in [7, 11) is 0. The van der Waals surface area contributed by atoms with Crippen molar-refractivity contribution in [2.24, 2.45) is 0 Å². The van der Waals surface area contributed by atoms with E-state index in [0.717, 1.165) is 27.8 Å². The molecule has 37 heavy (non-hydrogen) atoms. The van der Waals surface area contributed by atoms with Crippen LogP contribution in [0.2, 0.25) is 0 Å². The average molecular weight is 497 g/mol. The van der Waals surface area contributed by atoms with Crippen molar-refractivity contribution in [2.75, 3.05) is 6.61 Å². The number of allylic oxidation sites excluding steroid dienone is 1. The lowest BCUT2D eigenvalue weighted by Crippen LogP contribution is -2.30. The predicted molar refractivity (Wildman–Crippen MR) is 145 cm³/mol. The molecule has 0 atom stereocenters. The lowest BCUT2D eigenvalue weighted by molar-refractivity contribution is -0.123. The van der Waals surface area contributed by atoms with E-state index in [2.05, 4.69) is 24.0 Å². The molecule has 3 amide bonds. The second-order valence-electron chi connectivity index (χ2n) is 9.07. The molecule has 0 radical (unpaired) electrons. The van der Waals surface area contributed by atoms with Crippen LogP contribution in [0.5, 0.6) is 11.5 Å². The molecular formula is C31H32N2O4. The highest BCUT2D eigenvalue weighted by atomic mass is 16.5. The number of aryl methyl sites for hydroxylation is 2. The number of hydrogen-bond acceptors (Lipinski definition) is 4. The molecular weight excluding hydrogens is 464 g/mol. The van der Waals surface area contributed by atoms with Crippen LogP contribution in [-0.4, -0.2) is 23.4 Å². The normalized spacial score (nSPS) is 14.1. The van der Waals surface area contributed by atoms with Crippen molar-refractivity contribution in [3.8, 4) is 11.5 Å². The maximum atomic E-state index is 13.1. The zero-order valence-electron chi connectivity index (χ0n) is 21.5. The van der Waals surface area contributed by atoms with Gasteiger partial charge in [0.1, 0.15) is 12.3 Å². The first-order chi connectivity index (χ1) is 17.9. The Labute approximate surface area is 218 Å². The molecule has 1 N–H and O–H groups in total. The first-order valence-electron chi connectivity index (χ1n) is 12.4. The zero-order valence-corrected chi connectivity index (χ0v) is 21.5. The van der Waals surface area contributed by atoms with E-state index in [9.17, 15) is 9.59 Å². The number of rotatable bonds is 10. The van der Waals surface area contributed by atoms with E-state index in [0.29, 0.717) is 31.1 Å². The van der Waals surface area contributed by atoms with Crippen LogP contribution >= 0.6 is 0 Å². The Morgan fingerprint density at radius 2 is 1.57 bits per heavy atom. The average Bonchev–Trinajstić information content (AvgIpc) is 3.13. The summed E-state index contributed by atoms with van der Waals surface area (Å²) >= 11 is 0. The fourth-order valence-corrected chi connectivity index (χ4v) is 4.10. The van der Waals surface area contributed by atoms with Gasteiger partial charge in [0.15, 0.2) is 11.5 Å². The van der Waals surface area contributed by atoms with Crippen LogP contribution < -0.4 is 14.8 Å². The van der Waals surface area contributed by atoms with Crippen LogP contribution in [0.15, 0.2) is 79.0 Å². The maximum Gasteiger partial charge on any atom is 0.329 e. The number of carbonyl (C=O) groups is 2. The second-order valence-corrected chi connectivity index (χ2v) is 9.07. The third kappa shape index (κ3) is 6.28. The molecule has 3 aromatic carbocycles. The smallest absolute Gasteiger partial charge is 0.329 e. The van der Waals surface area contributed by atoms with E-state index in [1.807, 2.05) is 69.3 Å². The molecule has 1 heterocycles. The summed E-state index contributed by atoms with van der Waals surface area (Å²) in [5.41, 5.74) is 6.08. The van der Waals surface area contributed by atoms with Crippen LogP contribution in [0.4, 0.5) is 4.79 Å². The lowest BCUT2D eigenvalue weighted by Gasteiger charge is -2.17. The third-order valence-corrected chi connectivity index (χ3v) is 6.06. The molecule has 1 fully saturated rings. The van der Waals surface area contributed by atoms with E-state index in [1.165, 1.54) is 10.5 Å². The summed E-state index contributed by atoms with van der Waals surface area (Å²) in [6.45, 7) is 10.9. The minimum atomic E-state index is -0.439. The van der Waals surface area contributed by atoms with E-state index in [-0.39, 0.29) is 18.1 Å². The zero-order chi connectivity index (χ0) is 26.4. The van der Waals surface area contributed by atoms with Gasteiger partial charge >= 0.3 is 6.03 Å². The number of nitrogens with zero attached hydrogens (tertiary/aromatic N) is 1. The Kier molecular flexibility index (Phi) is 8.08. The standard InChI is InChI=1S/C31H32N2O4/c1-5-7-26-16-25(18-28(36-6-2)29(26)37-20-24-14-10-22(4)11-15-24)17-27-30(34)33(31(35)32-27)19-23-12-8-21(3)9-13-23/h5,8-18H,1,6-7,19-20H2,2-4H3,(H,32,35)/b27-17+. The van der Waals surface area contributed by atoms with Crippen molar-refractivity contribution in [1.29, 1.82) is 0 Å². The van der Waals surface area contributed by atoms with Gasteiger partial charge in [0.2, 0.25) is 0 Å². The van der Waals surface area contributed by atoms with Gasteiger partial charge in [-0.15, -0.1) is 6.58 Å². The third-order valence-electron chi connectivity index (χ3n) is 6.06. The largest absolute Gasteiger partial charge is 0.490 e. The minimum Gasteiger partial charge on any atom is -0.490 e. The Balaban J connectivity index is 1.60. The van der Waals surface area contributed by atoms with Crippen molar-refractivity contribution in [2.45, 2.75) is 40.3 Å². The molecule has 1 saturated heterocycles. The van der Waals surface area contributed by atoms with Gasteiger partial charge in [-0.3, -0.25) is 9.69 Å². The number of hydrogen-bond donors (Lipinski definition) is 1. The number of amides is 3. The number of nitrogens with one attached hydrogen (secondary N) is 1. The van der Waals surface area contributed by atoms with Crippen LogP contribution in [0.1, 0.15) is 40.3 Å². The Bertz CT molecular complexity index is 1320. The molecule has 1 aliphatic rings. The van der Waals surface area contributed by atoms with Gasteiger partial charge in [-0.2, -0.15) is 0 Å². The quantitative estimate of drug-likeness (QED) is 0.209. The highest BCUT2D eigenvalue weighted by Crippen LogP contribution is 2.35. The molecule has 3 aromatic rings. The van der Waals surface area contributed by atoms with Crippen molar-refractivity contribution >= 4 is 18.0 Å². The molecule has 0 bridgehead atoms. The number of imide groups is 1. The SMILES string of the molecule is C=CCc1cc(/C=C2/NC(=O)N(Cc3ccc(C)cc3)C2=O)cc(OCC)c1OCc1ccc(C)cc1. The van der Waals surface area contributed by atoms with E-state index < -0.39 is 6.03 Å². The molecule has 0 saturated carbocycles. The molecule has 190 valence electrons. The Morgan fingerprint density at radius 1 is 0.919 bits per heavy atom. The van der Waals surface area contributed by atoms with Crippen molar-refractivity contribution in [3.05, 3.63) is 112 Å². The highest BCUT2D eigenvalue weighted by Gasteiger charge is 2.33. The number of benzene rings is 3. The topological polar surface area (TPSA) is 67.9 Å². The number of carbonyl (C=O) groups excluding carboxylic acids is 2. The van der Waals surface area contributed by atoms with Crippen molar-refractivity contribution in [3.63, 3.8) is 0 Å². The monoisotopic (exact) mass is 496 g/mol.